The van der Waals surface area contributed by atoms with Gasteiger partial charge in [0, 0.05) is 5.56 Å². The summed E-state index contributed by atoms with van der Waals surface area (Å²) in [6.45, 7) is 2.18. The molecular formula is C11H12F3NO3S. The van der Waals surface area contributed by atoms with E-state index in [0.717, 1.165) is 6.26 Å². The minimum Gasteiger partial charge on any atom is -0.494 e. The topological polar surface area (TPSA) is 47.9 Å². The van der Waals surface area contributed by atoms with Crippen molar-refractivity contribution in [3.05, 3.63) is 29.8 Å². The molecule has 106 valence electrons. The maximum absolute atomic E-state index is 12.8. The zero-order valence-electron chi connectivity index (χ0n) is 10.2. The highest BCUT2D eigenvalue weighted by atomic mass is 32.2. The Bertz CT molecular complexity index is 471. The van der Waals surface area contributed by atoms with Crippen LogP contribution in [0.2, 0.25) is 0 Å². The van der Waals surface area contributed by atoms with Crippen LogP contribution < -0.4 is 4.74 Å². The number of hydrogen-bond donors (Lipinski definition) is 0. The van der Waals surface area contributed by atoms with Crippen LogP contribution in [-0.4, -0.2) is 29.0 Å². The molecule has 19 heavy (non-hydrogen) atoms. The summed E-state index contributed by atoms with van der Waals surface area (Å²) in [6, 6.07) is 5.20. The van der Waals surface area contributed by atoms with Crippen molar-refractivity contribution in [3.8, 4) is 5.75 Å². The van der Waals surface area contributed by atoms with E-state index in [2.05, 4.69) is 9.44 Å². The summed E-state index contributed by atoms with van der Waals surface area (Å²) in [5, 5.41) is 2.89. The number of alkyl halides is 3. The highest BCUT2D eigenvalue weighted by molar-refractivity contribution is 7.79. The molecule has 1 unspecified atom stereocenters. The number of nitrogens with zero attached hydrogens (tertiary/aromatic N) is 1. The van der Waals surface area contributed by atoms with E-state index in [0.29, 0.717) is 12.4 Å². The largest absolute Gasteiger partial charge is 0.494 e. The Balaban J connectivity index is 3.04. The molecule has 0 aliphatic rings. The van der Waals surface area contributed by atoms with Gasteiger partial charge in [-0.3, -0.25) is 4.28 Å². The minimum atomic E-state index is -4.70. The molecule has 0 bridgehead atoms. The van der Waals surface area contributed by atoms with Crippen molar-refractivity contribution in [1.29, 1.82) is 0 Å². The molecule has 1 atom stereocenters. The van der Waals surface area contributed by atoms with Crippen molar-refractivity contribution in [3.63, 3.8) is 0 Å². The lowest BCUT2D eigenvalue weighted by Gasteiger charge is -2.10. The van der Waals surface area contributed by atoms with Crippen molar-refractivity contribution in [1.82, 2.24) is 0 Å². The highest BCUT2D eigenvalue weighted by Crippen LogP contribution is 2.24. The van der Waals surface area contributed by atoms with Gasteiger partial charge in [0.25, 0.3) is 0 Å². The first kappa shape index (κ1) is 15.5. The van der Waals surface area contributed by atoms with E-state index in [9.17, 15) is 17.4 Å². The number of ether oxygens (including phenoxy) is 1. The predicted molar refractivity (Wildman–Crippen MR) is 65.4 cm³/mol. The van der Waals surface area contributed by atoms with Crippen molar-refractivity contribution in [2.24, 2.45) is 5.16 Å². The number of rotatable bonds is 5. The second kappa shape index (κ2) is 6.55. The van der Waals surface area contributed by atoms with Crippen LogP contribution in [0, 0.1) is 0 Å². The maximum Gasteiger partial charge on any atom is 0.437 e. The third-order valence-electron chi connectivity index (χ3n) is 1.94. The van der Waals surface area contributed by atoms with Crippen molar-refractivity contribution < 1.29 is 26.4 Å². The van der Waals surface area contributed by atoms with Gasteiger partial charge in [0.05, 0.1) is 12.9 Å². The van der Waals surface area contributed by atoms with Crippen LogP contribution in [0.3, 0.4) is 0 Å². The van der Waals surface area contributed by atoms with Gasteiger partial charge in [-0.05, 0) is 31.2 Å². The second-order valence-electron chi connectivity index (χ2n) is 3.37. The Kier molecular flexibility index (Phi) is 5.34. The van der Waals surface area contributed by atoms with E-state index < -0.39 is 23.0 Å². The Morgan fingerprint density at radius 1 is 1.32 bits per heavy atom. The maximum atomic E-state index is 12.8. The molecule has 0 radical (unpaired) electrons. The van der Waals surface area contributed by atoms with E-state index in [-0.39, 0.29) is 5.56 Å². The van der Waals surface area contributed by atoms with Crippen LogP contribution in [0.5, 0.6) is 5.75 Å². The molecule has 0 saturated carbocycles. The lowest BCUT2D eigenvalue weighted by atomic mass is 10.1. The van der Waals surface area contributed by atoms with Gasteiger partial charge in [-0.1, -0.05) is 5.16 Å². The number of benzene rings is 1. The van der Waals surface area contributed by atoms with Gasteiger partial charge >= 0.3 is 6.18 Å². The van der Waals surface area contributed by atoms with Crippen molar-refractivity contribution >= 4 is 16.8 Å². The first-order valence-electron chi connectivity index (χ1n) is 5.24. The summed E-state index contributed by atoms with van der Waals surface area (Å²) < 4.78 is 58.2. The molecule has 0 aromatic heterocycles. The molecule has 0 amide bonds. The van der Waals surface area contributed by atoms with Gasteiger partial charge in [-0.2, -0.15) is 13.2 Å². The Morgan fingerprint density at radius 3 is 2.32 bits per heavy atom. The van der Waals surface area contributed by atoms with Gasteiger partial charge in [-0.15, -0.1) is 0 Å². The molecular weight excluding hydrogens is 283 g/mol. The van der Waals surface area contributed by atoms with E-state index in [1.165, 1.54) is 24.3 Å². The van der Waals surface area contributed by atoms with Crippen LogP contribution in [0.15, 0.2) is 29.4 Å². The van der Waals surface area contributed by atoms with E-state index in [1.807, 2.05) is 0 Å². The average molecular weight is 295 g/mol. The van der Waals surface area contributed by atoms with Crippen LogP contribution >= 0.6 is 0 Å². The third-order valence-corrected chi connectivity index (χ3v) is 2.23. The first-order chi connectivity index (χ1) is 8.84. The van der Waals surface area contributed by atoms with Crippen molar-refractivity contribution in [2.45, 2.75) is 13.1 Å². The summed E-state index contributed by atoms with van der Waals surface area (Å²) in [5.41, 5.74) is -1.44. The number of oxime groups is 1. The van der Waals surface area contributed by atoms with E-state index in [1.54, 1.807) is 6.92 Å². The second-order valence-corrected chi connectivity index (χ2v) is 4.32. The predicted octanol–water partition coefficient (Wildman–Crippen LogP) is 2.66. The lowest BCUT2D eigenvalue weighted by Crippen LogP contribution is -2.24. The van der Waals surface area contributed by atoms with Gasteiger partial charge < -0.3 is 4.74 Å². The standard InChI is InChI=1S/C11H12F3NO3S/c1-3-17-9-6-4-8(5-7-9)10(11(12,13)14)15-18-19(2)16/h4-7H,3H2,1-2H3/b15-10+. The summed E-state index contributed by atoms with van der Waals surface area (Å²) in [7, 11) is 0. The quantitative estimate of drug-likeness (QED) is 0.620. The zero-order chi connectivity index (χ0) is 14.5. The molecule has 0 aliphatic carbocycles. The zero-order valence-corrected chi connectivity index (χ0v) is 11.0. The molecule has 0 N–H and O–H groups in total. The fourth-order valence-corrected chi connectivity index (χ4v) is 1.41. The van der Waals surface area contributed by atoms with Gasteiger partial charge in [0.2, 0.25) is 11.1 Å². The summed E-state index contributed by atoms with van der Waals surface area (Å²) in [5.74, 6) is 0.452. The minimum absolute atomic E-state index is 0.193. The highest BCUT2D eigenvalue weighted by Gasteiger charge is 2.38. The molecule has 4 nitrogen and oxygen atoms in total. The summed E-state index contributed by atoms with van der Waals surface area (Å²) in [4.78, 5) is 0. The Labute approximate surface area is 110 Å². The fraction of sp³-hybridized carbons (Fsp3) is 0.364. The van der Waals surface area contributed by atoms with Crippen LogP contribution in [-0.2, 0) is 15.4 Å². The van der Waals surface area contributed by atoms with Gasteiger partial charge in [0.15, 0.2) is 5.71 Å². The lowest BCUT2D eigenvalue weighted by molar-refractivity contribution is -0.0596. The number of hydrogen-bond acceptors (Lipinski definition) is 4. The first-order valence-corrected chi connectivity index (χ1v) is 6.72. The smallest absolute Gasteiger partial charge is 0.437 e. The summed E-state index contributed by atoms with van der Waals surface area (Å²) >= 11 is -1.91. The molecule has 0 saturated heterocycles. The SMILES string of the molecule is CCOc1ccc(/C(=N\OS(C)=O)C(F)(F)F)cc1. The van der Waals surface area contributed by atoms with Gasteiger partial charge in [0.1, 0.15) is 5.75 Å². The van der Waals surface area contributed by atoms with Gasteiger partial charge in [-0.25, -0.2) is 4.21 Å². The molecule has 0 heterocycles. The Morgan fingerprint density at radius 2 is 1.89 bits per heavy atom. The van der Waals surface area contributed by atoms with Crippen LogP contribution in [0.25, 0.3) is 0 Å². The van der Waals surface area contributed by atoms with Crippen LogP contribution in [0.4, 0.5) is 13.2 Å². The number of halogens is 3. The Hall–Kier alpha value is -1.57. The molecule has 8 heteroatoms. The molecule has 1 rings (SSSR count). The molecule has 0 spiro atoms. The van der Waals surface area contributed by atoms with Crippen LogP contribution in [0.1, 0.15) is 12.5 Å². The van der Waals surface area contributed by atoms with E-state index in [4.69, 9.17) is 4.74 Å². The fourth-order valence-electron chi connectivity index (χ4n) is 1.23. The summed E-state index contributed by atoms with van der Waals surface area (Å²) in [6.07, 6.45) is -3.62. The molecule has 1 aromatic carbocycles. The monoisotopic (exact) mass is 295 g/mol. The molecule has 0 fully saturated rings. The van der Waals surface area contributed by atoms with E-state index >= 15 is 0 Å². The molecule has 0 aliphatic heterocycles. The van der Waals surface area contributed by atoms with Crippen molar-refractivity contribution in [2.75, 3.05) is 12.9 Å². The average Bonchev–Trinajstić information content (AvgIpc) is 2.29. The normalized spacial score (nSPS) is 14.1. The third kappa shape index (κ3) is 4.90. The molecule has 1 aromatic rings.